The Labute approximate surface area is 145 Å². The van der Waals surface area contributed by atoms with Crippen LogP contribution < -0.4 is 3.07 Å². The molecule has 0 aliphatic rings. The predicted octanol–water partition coefficient (Wildman–Crippen LogP) is 0.991. The Hall–Kier alpha value is -0.705. The molecule has 0 bridgehead atoms. The van der Waals surface area contributed by atoms with E-state index in [2.05, 4.69) is 37.9 Å². The fourth-order valence-electron chi connectivity index (χ4n) is 1.18. The third kappa shape index (κ3) is 5.35. The fraction of sp³-hybridized carbons (Fsp3) is 0.100. The summed E-state index contributed by atoms with van der Waals surface area (Å²) < 4.78 is 3.54. The molecule has 3 aromatic rings. The predicted molar refractivity (Wildman–Crippen MR) is 73.5 cm³/mol. The maximum atomic E-state index is 5.63. The molecule has 0 aliphatic heterocycles. The van der Waals surface area contributed by atoms with E-state index in [9.17, 15) is 0 Å². The first-order valence-electron chi connectivity index (χ1n) is 5.41. The summed E-state index contributed by atoms with van der Waals surface area (Å²) in [7, 11) is 0. The van der Waals surface area contributed by atoms with E-state index in [-0.39, 0.29) is 0 Å². The second-order valence-corrected chi connectivity index (χ2v) is 8.91. The Morgan fingerprint density at radius 1 is 1.25 bits per heavy atom. The first-order valence-corrected chi connectivity index (χ1v) is 9.76. The summed E-state index contributed by atoms with van der Waals surface area (Å²) in [6.45, 7) is 0.529. The van der Waals surface area contributed by atoms with E-state index < -0.39 is 0 Å². The minimum Gasteiger partial charge on any atom is -0.406 e. The molecule has 0 aliphatic carbocycles. The molecular weight excluding hydrogens is 504 g/mol. The van der Waals surface area contributed by atoms with Gasteiger partial charge in [-0.2, -0.15) is 10.2 Å². The number of nitrogens with zero attached hydrogens (tertiary/aromatic N) is 6. The van der Waals surface area contributed by atoms with Crippen molar-refractivity contribution in [2.45, 2.75) is 10.9 Å². The number of rotatable bonds is 2. The number of benzene rings is 1. The minimum absolute atomic E-state index is 0.529. The van der Waals surface area contributed by atoms with E-state index in [4.69, 9.17) is 24.2 Å². The average molecular weight is 511 g/mol. The summed E-state index contributed by atoms with van der Waals surface area (Å²) in [5.41, 5.74) is 0. The van der Waals surface area contributed by atoms with Gasteiger partial charge in [0, 0.05) is 5.01 Å². The molecule has 20 heavy (non-hydrogen) atoms. The molecule has 98 valence electrons. The molecule has 0 spiro atoms. The quantitative estimate of drug-likeness (QED) is 0.378. The second kappa shape index (κ2) is 7.91. The summed E-state index contributed by atoms with van der Waals surface area (Å²) in [5.74, 6) is 0. The Bertz CT molecular complexity index is 621. The van der Waals surface area contributed by atoms with Crippen molar-refractivity contribution in [3.63, 3.8) is 0 Å². The van der Waals surface area contributed by atoms with Crippen molar-refractivity contribution < 1.29 is 26.1 Å². The van der Waals surface area contributed by atoms with Gasteiger partial charge in [-0.1, -0.05) is 0 Å². The average Bonchev–Trinajstić information content (AvgIpc) is 3.07. The number of hydrogen-bond donors (Lipinski definition) is 0. The molecule has 1 aromatic carbocycles. The van der Waals surface area contributed by atoms with Gasteiger partial charge in [0.05, 0.1) is 6.54 Å². The molecule has 2 heterocycles. The SMILES string of the molecule is Clc1cc[c]([Hg+])cc1.[S-]c1nnc(Cn2cnnn2)s1. The van der Waals surface area contributed by atoms with Crippen LogP contribution in [-0.4, -0.2) is 30.4 Å². The first-order chi connectivity index (χ1) is 9.63. The molecule has 0 N–H and O–H groups in total. The van der Waals surface area contributed by atoms with Gasteiger partial charge in [-0.25, -0.2) is 4.68 Å². The van der Waals surface area contributed by atoms with E-state index in [1.165, 1.54) is 20.7 Å². The van der Waals surface area contributed by atoms with E-state index in [0.29, 0.717) is 10.9 Å². The van der Waals surface area contributed by atoms with Crippen LogP contribution in [0.3, 0.4) is 0 Å². The topological polar surface area (TPSA) is 69.4 Å². The monoisotopic (exact) mass is 512 g/mol. The zero-order valence-corrected chi connectivity index (χ0v) is 18.1. The van der Waals surface area contributed by atoms with Gasteiger partial charge >= 0.3 is 70.1 Å². The molecule has 2 aromatic heterocycles. The molecule has 6 nitrogen and oxygen atoms in total. The van der Waals surface area contributed by atoms with Crippen LogP contribution in [0.1, 0.15) is 5.01 Å². The minimum atomic E-state index is 0.529. The largest absolute Gasteiger partial charge is 0.406 e. The molecule has 0 fully saturated rings. The Balaban J connectivity index is 0.000000160. The maximum Gasteiger partial charge on any atom is 0.138 e. The van der Waals surface area contributed by atoms with Crippen LogP contribution in [0.25, 0.3) is 0 Å². The smallest absolute Gasteiger partial charge is 0.138 e. The summed E-state index contributed by atoms with van der Waals surface area (Å²) >= 11 is 12.6. The van der Waals surface area contributed by atoms with E-state index in [1.54, 1.807) is 4.68 Å². The zero-order valence-electron chi connectivity index (χ0n) is 10.2. The number of halogens is 1. The number of aromatic nitrogens is 6. The van der Waals surface area contributed by atoms with Crippen molar-refractivity contribution >= 4 is 38.6 Å². The Kier molecular flexibility index (Phi) is 6.20. The van der Waals surface area contributed by atoms with Crippen molar-refractivity contribution in [1.29, 1.82) is 0 Å². The van der Waals surface area contributed by atoms with Crippen LogP contribution in [0.4, 0.5) is 0 Å². The number of hydrogen-bond acceptors (Lipinski definition) is 7. The molecule has 0 radical (unpaired) electrons. The molecular formula is C10H7ClHgN6S2. The van der Waals surface area contributed by atoms with Crippen LogP contribution in [-0.2, 0) is 45.3 Å². The van der Waals surface area contributed by atoms with Crippen molar-refractivity contribution in [1.82, 2.24) is 30.4 Å². The second-order valence-electron chi connectivity index (χ2n) is 3.60. The van der Waals surface area contributed by atoms with Gasteiger partial charge in [-0.05, 0) is 14.8 Å². The maximum absolute atomic E-state index is 5.63. The summed E-state index contributed by atoms with van der Waals surface area (Å²) in [6, 6.07) is 8.02. The van der Waals surface area contributed by atoms with Crippen LogP contribution in [0.2, 0.25) is 5.02 Å². The van der Waals surface area contributed by atoms with Crippen molar-refractivity contribution in [2.75, 3.05) is 0 Å². The van der Waals surface area contributed by atoms with Crippen molar-refractivity contribution in [3.05, 3.63) is 40.6 Å². The van der Waals surface area contributed by atoms with Crippen LogP contribution in [0.15, 0.2) is 34.9 Å². The Morgan fingerprint density at radius 3 is 2.50 bits per heavy atom. The van der Waals surface area contributed by atoms with Gasteiger partial charge in [-0.3, -0.25) is 0 Å². The molecule has 0 amide bonds. The van der Waals surface area contributed by atoms with Crippen LogP contribution >= 0.6 is 22.9 Å². The van der Waals surface area contributed by atoms with Crippen LogP contribution in [0, 0.1) is 0 Å². The van der Waals surface area contributed by atoms with Gasteiger partial charge in [0.15, 0.2) is 0 Å². The van der Waals surface area contributed by atoms with E-state index in [1.807, 2.05) is 12.1 Å². The van der Waals surface area contributed by atoms with Crippen molar-refractivity contribution in [3.8, 4) is 0 Å². The molecule has 0 saturated heterocycles. The molecule has 0 atom stereocenters. The fourth-order valence-corrected chi connectivity index (χ4v) is 3.11. The third-order valence-electron chi connectivity index (χ3n) is 2.05. The van der Waals surface area contributed by atoms with E-state index in [0.717, 1.165) is 36.2 Å². The summed E-state index contributed by atoms with van der Waals surface area (Å²) in [5, 5.41) is 19.8. The van der Waals surface area contributed by atoms with Gasteiger partial charge < -0.3 is 24.0 Å². The van der Waals surface area contributed by atoms with Gasteiger partial charge in [0.2, 0.25) is 0 Å². The van der Waals surface area contributed by atoms with Gasteiger partial charge in [0.1, 0.15) is 6.33 Å². The van der Waals surface area contributed by atoms with Crippen LogP contribution in [0.5, 0.6) is 0 Å². The molecule has 10 heteroatoms. The molecule has 0 unspecified atom stereocenters. The third-order valence-corrected chi connectivity index (χ3v) is 5.17. The van der Waals surface area contributed by atoms with Crippen molar-refractivity contribution in [2.24, 2.45) is 0 Å². The normalized spacial score (nSPS) is 9.95. The zero-order chi connectivity index (χ0) is 14.4. The number of tetrazole rings is 1. The molecule has 0 saturated carbocycles. The summed E-state index contributed by atoms with van der Waals surface area (Å²) in [4.78, 5) is 0. The van der Waals surface area contributed by atoms with E-state index >= 15 is 0 Å². The summed E-state index contributed by atoms with van der Waals surface area (Å²) in [6.07, 6.45) is 1.52. The molecule has 3 rings (SSSR count). The van der Waals surface area contributed by atoms with Gasteiger partial charge in [0.25, 0.3) is 0 Å². The standard InChI is InChI=1S/C6H4Cl.C4H4N6S2.Hg/c7-6-4-2-1-3-5-6;11-4-7-6-3(12-4)1-10-2-5-8-9-10;/h2-5H;2H,1H2,(H,7,11);/q;;+1/p-1. The Morgan fingerprint density at radius 2 is 2.00 bits per heavy atom. The van der Waals surface area contributed by atoms with Gasteiger partial charge in [-0.15, -0.1) is 5.10 Å². The first kappa shape index (κ1) is 15.7.